The Morgan fingerprint density at radius 2 is 2.19 bits per heavy atom. The minimum absolute atomic E-state index is 0.0738. The average Bonchev–Trinajstić information content (AvgIpc) is 2.16. The van der Waals surface area contributed by atoms with E-state index in [9.17, 15) is 18.0 Å². The van der Waals surface area contributed by atoms with E-state index in [2.05, 4.69) is 26.2 Å². The lowest BCUT2D eigenvalue weighted by molar-refractivity contribution is -0.132. The van der Waals surface area contributed by atoms with Crippen molar-refractivity contribution in [3.8, 4) is 0 Å². The SMILES string of the molecule is O=C(NCCC(F)(F)F)c1ncccc1Br. The second-order valence-electron chi connectivity index (χ2n) is 2.95. The molecule has 0 aromatic carbocycles. The molecule has 7 heteroatoms. The van der Waals surface area contributed by atoms with E-state index in [0.717, 1.165) is 0 Å². The van der Waals surface area contributed by atoms with Crippen LogP contribution < -0.4 is 5.32 Å². The zero-order valence-corrected chi connectivity index (χ0v) is 9.60. The van der Waals surface area contributed by atoms with Crippen LogP contribution in [0.2, 0.25) is 0 Å². The van der Waals surface area contributed by atoms with E-state index in [1.165, 1.54) is 6.20 Å². The number of alkyl halides is 3. The fraction of sp³-hybridized carbons (Fsp3) is 0.333. The third kappa shape index (κ3) is 4.18. The maximum absolute atomic E-state index is 11.8. The molecule has 1 aromatic heterocycles. The summed E-state index contributed by atoms with van der Waals surface area (Å²) in [5, 5.41) is 2.14. The highest BCUT2D eigenvalue weighted by molar-refractivity contribution is 9.10. The van der Waals surface area contributed by atoms with E-state index in [0.29, 0.717) is 4.47 Å². The summed E-state index contributed by atoms with van der Waals surface area (Å²) in [5.41, 5.74) is 0.0738. The number of hydrogen-bond donors (Lipinski definition) is 1. The van der Waals surface area contributed by atoms with Gasteiger partial charge >= 0.3 is 6.18 Å². The molecular weight excluding hydrogens is 289 g/mol. The van der Waals surface area contributed by atoms with E-state index in [1.54, 1.807) is 12.1 Å². The average molecular weight is 297 g/mol. The van der Waals surface area contributed by atoms with Gasteiger partial charge < -0.3 is 5.32 Å². The Balaban J connectivity index is 2.51. The number of amides is 1. The largest absolute Gasteiger partial charge is 0.390 e. The number of nitrogens with one attached hydrogen (secondary N) is 1. The summed E-state index contributed by atoms with van der Waals surface area (Å²) in [5.74, 6) is -0.628. The van der Waals surface area contributed by atoms with Crippen molar-refractivity contribution >= 4 is 21.8 Å². The van der Waals surface area contributed by atoms with E-state index < -0.39 is 25.0 Å². The third-order valence-electron chi connectivity index (χ3n) is 1.67. The maximum atomic E-state index is 11.8. The molecule has 0 atom stereocenters. The van der Waals surface area contributed by atoms with Gasteiger partial charge in [0.1, 0.15) is 5.69 Å². The minimum Gasteiger partial charge on any atom is -0.350 e. The molecule has 0 fully saturated rings. The van der Waals surface area contributed by atoms with Crippen LogP contribution in [0.3, 0.4) is 0 Å². The van der Waals surface area contributed by atoms with Crippen LogP contribution in [0.4, 0.5) is 13.2 Å². The Bertz CT molecular complexity index is 381. The Morgan fingerprint density at radius 1 is 1.50 bits per heavy atom. The van der Waals surface area contributed by atoms with Crippen molar-refractivity contribution in [3.05, 3.63) is 28.5 Å². The number of carbonyl (C=O) groups excluding carboxylic acids is 1. The highest BCUT2D eigenvalue weighted by Gasteiger charge is 2.26. The number of halogens is 4. The van der Waals surface area contributed by atoms with Gasteiger partial charge in [0.05, 0.1) is 6.42 Å². The van der Waals surface area contributed by atoms with E-state index in [4.69, 9.17) is 0 Å². The third-order valence-corrected chi connectivity index (χ3v) is 2.31. The normalized spacial score (nSPS) is 11.2. The van der Waals surface area contributed by atoms with Gasteiger partial charge in [-0.2, -0.15) is 13.2 Å². The standard InChI is InChI=1S/C9H8BrF3N2O/c10-6-2-1-4-14-7(6)8(16)15-5-3-9(11,12)13/h1-2,4H,3,5H2,(H,15,16). The molecular formula is C9H8BrF3N2O. The molecule has 1 amide bonds. The fourth-order valence-corrected chi connectivity index (χ4v) is 1.39. The molecule has 1 aromatic rings. The molecule has 0 unspecified atom stereocenters. The smallest absolute Gasteiger partial charge is 0.350 e. The van der Waals surface area contributed by atoms with Crippen LogP contribution in [0, 0.1) is 0 Å². The molecule has 0 bridgehead atoms. The van der Waals surface area contributed by atoms with Crippen molar-refractivity contribution < 1.29 is 18.0 Å². The molecule has 0 saturated carbocycles. The van der Waals surface area contributed by atoms with Gasteiger partial charge in [0.15, 0.2) is 0 Å². The Labute approximate surface area is 98.2 Å². The summed E-state index contributed by atoms with van der Waals surface area (Å²) >= 11 is 3.08. The van der Waals surface area contributed by atoms with Gasteiger partial charge in [-0.1, -0.05) is 0 Å². The van der Waals surface area contributed by atoms with Crippen LogP contribution in [0.25, 0.3) is 0 Å². The monoisotopic (exact) mass is 296 g/mol. The zero-order valence-electron chi connectivity index (χ0n) is 8.01. The predicted molar refractivity (Wildman–Crippen MR) is 54.9 cm³/mol. The van der Waals surface area contributed by atoms with Crippen molar-refractivity contribution in [3.63, 3.8) is 0 Å². The lowest BCUT2D eigenvalue weighted by Crippen LogP contribution is -2.28. The van der Waals surface area contributed by atoms with Crippen molar-refractivity contribution in [2.75, 3.05) is 6.54 Å². The molecule has 16 heavy (non-hydrogen) atoms. The number of pyridine rings is 1. The van der Waals surface area contributed by atoms with Gasteiger partial charge in [0.2, 0.25) is 0 Å². The molecule has 0 radical (unpaired) electrons. The molecule has 1 rings (SSSR count). The van der Waals surface area contributed by atoms with Crippen molar-refractivity contribution in [2.24, 2.45) is 0 Å². The van der Waals surface area contributed by atoms with Gasteiger partial charge in [0, 0.05) is 17.2 Å². The number of hydrogen-bond acceptors (Lipinski definition) is 2. The van der Waals surface area contributed by atoms with Crippen molar-refractivity contribution in [2.45, 2.75) is 12.6 Å². The molecule has 0 aliphatic heterocycles. The van der Waals surface area contributed by atoms with Gasteiger partial charge in [-0.25, -0.2) is 4.98 Å². The van der Waals surface area contributed by atoms with Crippen LogP contribution in [-0.2, 0) is 0 Å². The Hall–Kier alpha value is -1.11. The summed E-state index contributed by atoms with van der Waals surface area (Å²) in [7, 11) is 0. The molecule has 0 spiro atoms. The minimum atomic E-state index is -4.27. The van der Waals surface area contributed by atoms with Crippen LogP contribution in [0.15, 0.2) is 22.8 Å². The molecule has 1 heterocycles. The quantitative estimate of drug-likeness (QED) is 0.931. The molecule has 0 saturated heterocycles. The first kappa shape index (κ1) is 13.0. The highest BCUT2D eigenvalue weighted by atomic mass is 79.9. The van der Waals surface area contributed by atoms with Crippen LogP contribution in [0.1, 0.15) is 16.9 Å². The first-order chi connectivity index (χ1) is 7.40. The molecule has 1 N–H and O–H groups in total. The summed E-state index contributed by atoms with van der Waals surface area (Å²) < 4.78 is 35.9. The number of nitrogens with zero attached hydrogens (tertiary/aromatic N) is 1. The fourth-order valence-electron chi connectivity index (χ4n) is 0.954. The topological polar surface area (TPSA) is 42.0 Å². The van der Waals surface area contributed by atoms with E-state index in [-0.39, 0.29) is 5.69 Å². The summed E-state index contributed by atoms with van der Waals surface area (Å²) in [6.07, 6.45) is -3.93. The zero-order chi connectivity index (χ0) is 12.2. The van der Waals surface area contributed by atoms with Crippen LogP contribution >= 0.6 is 15.9 Å². The van der Waals surface area contributed by atoms with Gasteiger partial charge in [-0.3, -0.25) is 4.79 Å². The number of rotatable bonds is 3. The Morgan fingerprint density at radius 3 is 2.75 bits per heavy atom. The van der Waals surface area contributed by atoms with E-state index in [1.807, 2.05) is 0 Å². The highest BCUT2D eigenvalue weighted by Crippen LogP contribution is 2.18. The maximum Gasteiger partial charge on any atom is 0.390 e. The Kier molecular flexibility index (Phi) is 4.28. The van der Waals surface area contributed by atoms with Crippen LogP contribution in [-0.4, -0.2) is 23.6 Å². The molecule has 88 valence electrons. The first-order valence-corrected chi connectivity index (χ1v) is 5.15. The molecule has 0 aliphatic carbocycles. The number of carbonyl (C=O) groups is 1. The first-order valence-electron chi connectivity index (χ1n) is 4.35. The van der Waals surface area contributed by atoms with Gasteiger partial charge in [-0.05, 0) is 28.1 Å². The van der Waals surface area contributed by atoms with Crippen molar-refractivity contribution in [1.29, 1.82) is 0 Å². The van der Waals surface area contributed by atoms with Crippen molar-refractivity contribution in [1.82, 2.24) is 10.3 Å². The summed E-state index contributed by atoms with van der Waals surface area (Å²) in [6, 6.07) is 3.20. The summed E-state index contributed by atoms with van der Waals surface area (Å²) in [4.78, 5) is 15.1. The second kappa shape index (κ2) is 5.29. The van der Waals surface area contributed by atoms with Crippen LogP contribution in [0.5, 0.6) is 0 Å². The summed E-state index contributed by atoms with van der Waals surface area (Å²) in [6.45, 7) is -0.453. The van der Waals surface area contributed by atoms with Gasteiger partial charge in [-0.15, -0.1) is 0 Å². The number of aromatic nitrogens is 1. The predicted octanol–water partition coefficient (Wildman–Crippen LogP) is 2.53. The molecule has 3 nitrogen and oxygen atoms in total. The second-order valence-corrected chi connectivity index (χ2v) is 3.81. The van der Waals surface area contributed by atoms with Gasteiger partial charge in [0.25, 0.3) is 5.91 Å². The van der Waals surface area contributed by atoms with E-state index >= 15 is 0 Å². The lowest BCUT2D eigenvalue weighted by Gasteiger charge is -2.07. The lowest BCUT2D eigenvalue weighted by atomic mass is 10.3. The molecule has 0 aliphatic rings.